The number of aryl methyl sites for hydroxylation is 1. The summed E-state index contributed by atoms with van der Waals surface area (Å²) in [6.07, 6.45) is 6.26. The molecular weight excluding hydrogens is 290 g/mol. The minimum atomic E-state index is 0.580. The van der Waals surface area contributed by atoms with Crippen LogP contribution in [0.25, 0.3) is 22.2 Å². The van der Waals surface area contributed by atoms with E-state index in [4.69, 9.17) is 14.5 Å². The molecule has 118 valence electrons. The van der Waals surface area contributed by atoms with Gasteiger partial charge in [-0.25, -0.2) is 4.98 Å². The van der Waals surface area contributed by atoms with Gasteiger partial charge in [-0.3, -0.25) is 4.68 Å². The Bertz CT molecular complexity index is 881. The number of methoxy groups -OCH3 is 2. The molecule has 5 nitrogen and oxygen atoms in total. The summed E-state index contributed by atoms with van der Waals surface area (Å²) < 4.78 is 12.9. The smallest absolute Gasteiger partial charge is 0.145 e. The van der Waals surface area contributed by atoms with Crippen LogP contribution in [0.1, 0.15) is 24.3 Å². The lowest BCUT2D eigenvalue weighted by molar-refractivity contribution is 0.409. The van der Waals surface area contributed by atoms with E-state index in [2.05, 4.69) is 11.2 Å². The predicted molar refractivity (Wildman–Crippen MR) is 89.0 cm³/mol. The van der Waals surface area contributed by atoms with Gasteiger partial charge in [0.2, 0.25) is 0 Å². The topological polar surface area (TPSA) is 49.2 Å². The Kier molecular flexibility index (Phi) is 3.22. The van der Waals surface area contributed by atoms with Crippen molar-refractivity contribution < 1.29 is 9.47 Å². The predicted octanol–water partition coefficient (Wildman–Crippen LogP) is 3.53. The number of benzene rings is 1. The summed E-state index contributed by atoms with van der Waals surface area (Å²) in [5, 5.41) is 5.33. The van der Waals surface area contributed by atoms with Crippen LogP contribution < -0.4 is 9.47 Å². The maximum absolute atomic E-state index is 5.58. The van der Waals surface area contributed by atoms with Crippen LogP contribution in [0.2, 0.25) is 0 Å². The number of hydrogen-bond acceptors (Lipinski definition) is 4. The molecule has 2 heterocycles. The van der Waals surface area contributed by atoms with Crippen LogP contribution in [0.15, 0.2) is 30.6 Å². The minimum Gasteiger partial charge on any atom is -0.496 e. The summed E-state index contributed by atoms with van der Waals surface area (Å²) in [5.74, 6) is 2.21. The zero-order valence-electron chi connectivity index (χ0n) is 13.5. The lowest BCUT2D eigenvalue weighted by atomic mass is 10.0. The molecule has 0 unspecified atom stereocenters. The Balaban J connectivity index is 2.04. The van der Waals surface area contributed by atoms with Gasteiger partial charge in [-0.2, -0.15) is 5.10 Å². The van der Waals surface area contributed by atoms with Gasteiger partial charge in [0.05, 0.1) is 26.1 Å². The molecule has 0 saturated heterocycles. The van der Waals surface area contributed by atoms with Crippen molar-refractivity contribution in [1.29, 1.82) is 0 Å². The van der Waals surface area contributed by atoms with Gasteiger partial charge in [0.1, 0.15) is 17.0 Å². The first kappa shape index (κ1) is 14.1. The van der Waals surface area contributed by atoms with E-state index in [1.807, 2.05) is 31.6 Å². The number of rotatable bonds is 4. The van der Waals surface area contributed by atoms with Crippen LogP contribution in [-0.2, 0) is 7.05 Å². The quantitative estimate of drug-likeness (QED) is 0.740. The third kappa shape index (κ3) is 2.32. The van der Waals surface area contributed by atoms with Crippen molar-refractivity contribution in [2.24, 2.45) is 7.05 Å². The molecule has 1 aromatic carbocycles. The molecule has 1 aliphatic rings. The largest absolute Gasteiger partial charge is 0.496 e. The fourth-order valence-electron chi connectivity index (χ4n) is 3.07. The Morgan fingerprint density at radius 2 is 1.87 bits per heavy atom. The van der Waals surface area contributed by atoms with E-state index in [1.54, 1.807) is 18.9 Å². The molecule has 0 spiro atoms. The Hall–Kier alpha value is -2.56. The van der Waals surface area contributed by atoms with Crippen molar-refractivity contribution in [2.75, 3.05) is 14.2 Å². The van der Waals surface area contributed by atoms with Gasteiger partial charge < -0.3 is 9.47 Å². The standard InChI is InChI=1S/C18H19N3O2/c1-21-10-12(9-19-21)14-8-13(11-4-5-11)17-15(22-2)6-7-16(23-3)18(17)20-14/h6-11H,4-5H2,1-3H3. The highest BCUT2D eigenvalue weighted by molar-refractivity contribution is 5.95. The fourth-order valence-corrected chi connectivity index (χ4v) is 3.07. The third-order valence-electron chi connectivity index (χ3n) is 4.37. The number of hydrogen-bond donors (Lipinski definition) is 0. The molecule has 1 fully saturated rings. The first-order valence-electron chi connectivity index (χ1n) is 7.76. The van der Waals surface area contributed by atoms with E-state index in [-0.39, 0.29) is 0 Å². The van der Waals surface area contributed by atoms with E-state index < -0.39 is 0 Å². The number of aromatic nitrogens is 3. The van der Waals surface area contributed by atoms with Gasteiger partial charge in [0.15, 0.2) is 0 Å². The maximum Gasteiger partial charge on any atom is 0.145 e. The van der Waals surface area contributed by atoms with Crippen molar-refractivity contribution in [3.8, 4) is 22.8 Å². The van der Waals surface area contributed by atoms with Crippen LogP contribution in [-0.4, -0.2) is 29.0 Å². The summed E-state index contributed by atoms with van der Waals surface area (Å²) in [6.45, 7) is 0. The lowest BCUT2D eigenvalue weighted by Crippen LogP contribution is -1.97. The first-order valence-corrected chi connectivity index (χ1v) is 7.76. The van der Waals surface area contributed by atoms with E-state index >= 15 is 0 Å². The zero-order chi connectivity index (χ0) is 16.0. The Morgan fingerprint density at radius 1 is 1.13 bits per heavy atom. The van der Waals surface area contributed by atoms with Gasteiger partial charge in [0, 0.05) is 24.2 Å². The molecule has 1 aliphatic carbocycles. The van der Waals surface area contributed by atoms with Gasteiger partial charge in [-0.1, -0.05) is 0 Å². The molecule has 5 heteroatoms. The van der Waals surface area contributed by atoms with Crippen molar-refractivity contribution in [3.63, 3.8) is 0 Å². The Morgan fingerprint density at radius 3 is 2.48 bits per heavy atom. The SMILES string of the molecule is COc1ccc(OC)c2c(C3CC3)cc(-c3cnn(C)c3)nc12. The number of pyridine rings is 1. The van der Waals surface area contributed by atoms with Crippen molar-refractivity contribution in [2.45, 2.75) is 18.8 Å². The second-order valence-electron chi connectivity index (χ2n) is 5.97. The van der Waals surface area contributed by atoms with Crippen LogP contribution in [0, 0.1) is 0 Å². The summed E-state index contributed by atoms with van der Waals surface area (Å²) >= 11 is 0. The number of fused-ring (bicyclic) bond motifs is 1. The molecule has 0 aliphatic heterocycles. The van der Waals surface area contributed by atoms with Crippen LogP contribution in [0.4, 0.5) is 0 Å². The molecule has 1 saturated carbocycles. The highest BCUT2D eigenvalue weighted by Crippen LogP contribution is 2.47. The third-order valence-corrected chi connectivity index (χ3v) is 4.37. The van der Waals surface area contributed by atoms with E-state index in [9.17, 15) is 0 Å². The molecule has 4 rings (SSSR count). The van der Waals surface area contributed by atoms with Gasteiger partial charge in [-0.15, -0.1) is 0 Å². The molecule has 2 aromatic heterocycles. The minimum absolute atomic E-state index is 0.580. The molecular formula is C18H19N3O2. The van der Waals surface area contributed by atoms with Gasteiger partial charge >= 0.3 is 0 Å². The van der Waals surface area contributed by atoms with Crippen molar-refractivity contribution in [3.05, 3.63) is 36.2 Å². The fraction of sp³-hybridized carbons (Fsp3) is 0.333. The number of ether oxygens (including phenoxy) is 2. The van der Waals surface area contributed by atoms with Crippen molar-refractivity contribution >= 4 is 10.9 Å². The monoisotopic (exact) mass is 309 g/mol. The van der Waals surface area contributed by atoms with Crippen molar-refractivity contribution in [1.82, 2.24) is 14.8 Å². The molecule has 0 radical (unpaired) electrons. The van der Waals surface area contributed by atoms with Crippen LogP contribution in [0.5, 0.6) is 11.5 Å². The van der Waals surface area contributed by atoms with E-state index in [0.717, 1.165) is 33.7 Å². The van der Waals surface area contributed by atoms with Crippen LogP contribution in [0.3, 0.4) is 0 Å². The molecule has 0 atom stereocenters. The van der Waals surface area contributed by atoms with E-state index in [1.165, 1.54) is 18.4 Å². The lowest BCUT2D eigenvalue weighted by Gasteiger charge is -2.14. The molecule has 0 bridgehead atoms. The highest BCUT2D eigenvalue weighted by atomic mass is 16.5. The summed E-state index contributed by atoms with van der Waals surface area (Å²) in [6, 6.07) is 6.05. The number of nitrogens with zero attached hydrogens (tertiary/aromatic N) is 3. The average molecular weight is 309 g/mol. The molecule has 0 amide bonds. The summed E-state index contributed by atoms with van der Waals surface area (Å²) in [7, 11) is 5.29. The van der Waals surface area contributed by atoms with Gasteiger partial charge in [0.25, 0.3) is 0 Å². The molecule has 0 N–H and O–H groups in total. The maximum atomic E-state index is 5.58. The normalized spacial score (nSPS) is 14.2. The second-order valence-corrected chi connectivity index (χ2v) is 5.97. The Labute approximate surface area is 134 Å². The molecule has 23 heavy (non-hydrogen) atoms. The first-order chi connectivity index (χ1) is 11.2. The second kappa shape index (κ2) is 5.26. The van der Waals surface area contributed by atoms with Gasteiger partial charge in [-0.05, 0) is 42.5 Å². The van der Waals surface area contributed by atoms with E-state index in [0.29, 0.717) is 5.92 Å². The average Bonchev–Trinajstić information content (AvgIpc) is 3.33. The molecule has 3 aromatic rings. The van der Waals surface area contributed by atoms with Crippen LogP contribution >= 0.6 is 0 Å². The summed E-state index contributed by atoms with van der Waals surface area (Å²) in [4.78, 5) is 4.85. The highest BCUT2D eigenvalue weighted by Gasteiger charge is 2.28. The zero-order valence-corrected chi connectivity index (χ0v) is 13.5. The summed E-state index contributed by atoms with van der Waals surface area (Å²) in [5.41, 5.74) is 4.10.